The van der Waals surface area contributed by atoms with Crippen LogP contribution in [-0.2, 0) is 11.3 Å². The first-order chi connectivity index (χ1) is 14.5. The van der Waals surface area contributed by atoms with Crippen LogP contribution in [0.1, 0.15) is 36.1 Å². The fraction of sp³-hybridized carbons (Fsp3) is 0.333. The summed E-state index contributed by atoms with van der Waals surface area (Å²) >= 11 is 0. The van der Waals surface area contributed by atoms with E-state index in [0.717, 1.165) is 39.5 Å². The SMILES string of the molecule is COC1=C2c3cc(OC)c(CO)cc3OC[C@H]2Oc2c1ccc1c2C=CC(C)(C)O1. The molecular formula is C24H24O6. The molecule has 5 rings (SSSR count). The van der Waals surface area contributed by atoms with E-state index in [1.165, 1.54) is 0 Å². The second-order valence-corrected chi connectivity index (χ2v) is 8.08. The topological polar surface area (TPSA) is 66.4 Å². The third kappa shape index (κ3) is 2.75. The minimum absolute atomic E-state index is 0.131. The lowest BCUT2D eigenvalue weighted by Crippen LogP contribution is -2.35. The molecule has 0 fully saturated rings. The molecular weight excluding hydrogens is 384 g/mol. The van der Waals surface area contributed by atoms with Gasteiger partial charge >= 0.3 is 0 Å². The Kier molecular flexibility index (Phi) is 4.22. The molecule has 0 bridgehead atoms. The van der Waals surface area contributed by atoms with Crippen LogP contribution < -0.4 is 18.9 Å². The molecule has 1 N–H and O–H groups in total. The predicted octanol–water partition coefficient (Wildman–Crippen LogP) is 4.04. The lowest BCUT2D eigenvalue weighted by Gasteiger charge is -2.37. The van der Waals surface area contributed by atoms with Crippen molar-refractivity contribution in [2.45, 2.75) is 32.2 Å². The monoisotopic (exact) mass is 408 g/mol. The van der Waals surface area contributed by atoms with Gasteiger partial charge in [0, 0.05) is 16.7 Å². The van der Waals surface area contributed by atoms with Crippen molar-refractivity contribution >= 4 is 17.4 Å². The van der Waals surface area contributed by atoms with E-state index in [0.29, 0.717) is 23.7 Å². The summed E-state index contributed by atoms with van der Waals surface area (Å²) in [6.45, 7) is 4.25. The van der Waals surface area contributed by atoms with Gasteiger partial charge in [-0.25, -0.2) is 0 Å². The maximum atomic E-state index is 9.65. The highest BCUT2D eigenvalue weighted by molar-refractivity contribution is 5.97. The van der Waals surface area contributed by atoms with Crippen molar-refractivity contribution in [1.29, 1.82) is 0 Å². The fourth-order valence-electron chi connectivity index (χ4n) is 4.27. The fourth-order valence-corrected chi connectivity index (χ4v) is 4.27. The molecule has 0 saturated heterocycles. The van der Waals surface area contributed by atoms with Crippen molar-refractivity contribution in [2.24, 2.45) is 0 Å². The minimum Gasteiger partial charge on any atom is -0.496 e. The molecule has 0 amide bonds. The highest BCUT2D eigenvalue weighted by atomic mass is 16.5. The van der Waals surface area contributed by atoms with Crippen molar-refractivity contribution in [3.05, 3.63) is 52.6 Å². The number of methoxy groups -OCH3 is 2. The van der Waals surface area contributed by atoms with Crippen molar-refractivity contribution in [2.75, 3.05) is 20.8 Å². The average molecular weight is 408 g/mol. The van der Waals surface area contributed by atoms with Crippen LogP contribution in [0.2, 0.25) is 0 Å². The van der Waals surface area contributed by atoms with Gasteiger partial charge < -0.3 is 28.8 Å². The van der Waals surface area contributed by atoms with Crippen LogP contribution in [-0.4, -0.2) is 37.6 Å². The summed E-state index contributed by atoms with van der Waals surface area (Å²) in [7, 11) is 3.25. The molecule has 3 heterocycles. The molecule has 1 atom stereocenters. The highest BCUT2D eigenvalue weighted by Gasteiger charge is 2.39. The van der Waals surface area contributed by atoms with E-state index in [4.69, 9.17) is 23.7 Å². The second kappa shape index (κ2) is 6.71. The number of benzene rings is 2. The number of hydrogen-bond acceptors (Lipinski definition) is 6. The molecule has 0 aliphatic carbocycles. The van der Waals surface area contributed by atoms with Crippen molar-refractivity contribution in [3.63, 3.8) is 0 Å². The van der Waals surface area contributed by atoms with Crippen molar-refractivity contribution < 1.29 is 28.8 Å². The van der Waals surface area contributed by atoms with E-state index in [1.807, 2.05) is 50.3 Å². The van der Waals surface area contributed by atoms with Crippen LogP contribution in [0.5, 0.6) is 23.0 Å². The molecule has 2 aromatic rings. The van der Waals surface area contributed by atoms with Gasteiger partial charge in [0.05, 0.1) is 32.0 Å². The Bertz CT molecular complexity index is 1100. The van der Waals surface area contributed by atoms with Gasteiger partial charge in [0.15, 0.2) is 6.10 Å². The summed E-state index contributed by atoms with van der Waals surface area (Å²) in [5.74, 6) is 3.53. The van der Waals surface area contributed by atoms with Gasteiger partial charge in [0.1, 0.15) is 41.0 Å². The van der Waals surface area contributed by atoms with E-state index in [-0.39, 0.29) is 18.3 Å². The van der Waals surface area contributed by atoms with Gasteiger partial charge in [0.25, 0.3) is 0 Å². The number of hydrogen-bond donors (Lipinski definition) is 1. The normalized spacial score (nSPS) is 20.0. The van der Waals surface area contributed by atoms with Crippen molar-refractivity contribution in [3.8, 4) is 23.0 Å². The Morgan fingerprint density at radius 2 is 1.93 bits per heavy atom. The lowest BCUT2D eigenvalue weighted by atomic mass is 9.88. The van der Waals surface area contributed by atoms with Crippen LogP contribution in [0.4, 0.5) is 0 Å². The number of ether oxygens (including phenoxy) is 5. The average Bonchev–Trinajstić information content (AvgIpc) is 2.75. The summed E-state index contributed by atoms with van der Waals surface area (Å²) in [6, 6.07) is 7.61. The molecule has 30 heavy (non-hydrogen) atoms. The third-order valence-corrected chi connectivity index (χ3v) is 5.69. The largest absolute Gasteiger partial charge is 0.496 e. The van der Waals surface area contributed by atoms with E-state index in [2.05, 4.69) is 0 Å². The van der Waals surface area contributed by atoms with E-state index in [9.17, 15) is 5.11 Å². The lowest BCUT2D eigenvalue weighted by molar-refractivity contribution is 0.145. The first kappa shape index (κ1) is 18.9. The maximum Gasteiger partial charge on any atom is 0.162 e. The predicted molar refractivity (Wildman–Crippen MR) is 113 cm³/mol. The molecule has 6 heteroatoms. The zero-order chi connectivity index (χ0) is 21.0. The Morgan fingerprint density at radius 3 is 2.67 bits per heavy atom. The highest BCUT2D eigenvalue weighted by Crippen LogP contribution is 2.50. The summed E-state index contributed by atoms with van der Waals surface area (Å²) in [5.41, 5.74) is 3.83. The van der Waals surface area contributed by atoms with E-state index in [1.54, 1.807) is 14.2 Å². The zero-order valence-corrected chi connectivity index (χ0v) is 17.4. The summed E-state index contributed by atoms with van der Waals surface area (Å²) < 4.78 is 29.9. The zero-order valence-electron chi connectivity index (χ0n) is 17.4. The first-order valence-corrected chi connectivity index (χ1v) is 9.91. The summed E-state index contributed by atoms with van der Waals surface area (Å²) in [5, 5.41) is 9.65. The van der Waals surface area contributed by atoms with Crippen LogP contribution in [0.15, 0.2) is 30.3 Å². The molecule has 6 nitrogen and oxygen atoms in total. The molecule has 0 unspecified atom stereocenters. The molecule has 0 saturated carbocycles. The van der Waals surface area contributed by atoms with Gasteiger partial charge in [-0.05, 0) is 50.3 Å². The number of aliphatic hydroxyl groups is 1. The number of fused-ring (bicyclic) bond motifs is 6. The molecule has 156 valence electrons. The molecule has 3 aliphatic rings. The summed E-state index contributed by atoms with van der Waals surface area (Å²) in [6.07, 6.45) is 3.74. The Morgan fingerprint density at radius 1 is 1.10 bits per heavy atom. The quantitative estimate of drug-likeness (QED) is 0.827. The Labute approximate surface area is 175 Å². The molecule has 0 radical (unpaired) electrons. The standard InChI is InChI=1S/C24H24O6/c1-24(2)8-7-14-17(30-24)6-5-15-22(14)29-20-12-28-19-9-13(11-25)18(26-3)10-16(19)21(20)23(15)27-4/h5-10,20,25H,11-12H2,1-4H3/t20-/m1/s1. The molecule has 3 aliphatic heterocycles. The second-order valence-electron chi connectivity index (χ2n) is 8.08. The van der Waals surface area contributed by atoms with Crippen LogP contribution in [0.3, 0.4) is 0 Å². The van der Waals surface area contributed by atoms with Crippen LogP contribution in [0, 0.1) is 0 Å². The Balaban J connectivity index is 1.72. The first-order valence-electron chi connectivity index (χ1n) is 9.91. The van der Waals surface area contributed by atoms with Gasteiger partial charge in [-0.1, -0.05) is 0 Å². The van der Waals surface area contributed by atoms with Crippen molar-refractivity contribution in [1.82, 2.24) is 0 Å². The molecule has 0 spiro atoms. The third-order valence-electron chi connectivity index (χ3n) is 5.69. The van der Waals surface area contributed by atoms with Crippen LogP contribution >= 0.6 is 0 Å². The summed E-state index contributed by atoms with van der Waals surface area (Å²) in [4.78, 5) is 0. The van der Waals surface area contributed by atoms with E-state index >= 15 is 0 Å². The van der Waals surface area contributed by atoms with E-state index < -0.39 is 0 Å². The Hall–Kier alpha value is -3.12. The van der Waals surface area contributed by atoms with Gasteiger partial charge in [-0.15, -0.1) is 0 Å². The van der Waals surface area contributed by atoms with Gasteiger partial charge in [0.2, 0.25) is 0 Å². The number of rotatable bonds is 3. The molecule has 0 aromatic heterocycles. The molecule has 2 aromatic carbocycles. The van der Waals surface area contributed by atoms with Gasteiger partial charge in [-0.3, -0.25) is 0 Å². The van der Waals surface area contributed by atoms with Crippen LogP contribution in [0.25, 0.3) is 17.4 Å². The maximum absolute atomic E-state index is 9.65. The van der Waals surface area contributed by atoms with Gasteiger partial charge in [-0.2, -0.15) is 0 Å². The smallest absolute Gasteiger partial charge is 0.162 e. The minimum atomic E-state index is -0.366. The number of aliphatic hydroxyl groups excluding tert-OH is 1.